The smallest absolute Gasteiger partial charge is 0.0684 e. The predicted octanol–water partition coefficient (Wildman–Crippen LogP) is 5.06. The largest absolute Gasteiger partial charge is 0.392 e. The number of aliphatic hydroxyl groups excluding tert-OH is 1. The molecule has 0 radical (unpaired) electrons. The molecule has 0 heterocycles. The SMILES string of the molecule is Cc1cc(C#Cc2ccc3c(c2)C(C)(C)CCC3C)ccc1CO. The number of benzene rings is 2. The summed E-state index contributed by atoms with van der Waals surface area (Å²) in [6, 6.07) is 12.7. The van der Waals surface area contributed by atoms with E-state index in [0.29, 0.717) is 5.92 Å². The van der Waals surface area contributed by atoms with Crippen LogP contribution in [0.3, 0.4) is 0 Å². The van der Waals surface area contributed by atoms with Gasteiger partial charge in [0.25, 0.3) is 0 Å². The number of hydrogen-bond acceptors (Lipinski definition) is 1. The van der Waals surface area contributed by atoms with Crippen LogP contribution >= 0.6 is 0 Å². The minimum absolute atomic E-state index is 0.0810. The molecule has 0 aromatic heterocycles. The van der Waals surface area contributed by atoms with Crippen LogP contribution in [-0.2, 0) is 12.0 Å². The molecule has 0 fully saturated rings. The van der Waals surface area contributed by atoms with Crippen LogP contribution in [0.2, 0.25) is 0 Å². The van der Waals surface area contributed by atoms with Crippen molar-refractivity contribution in [2.24, 2.45) is 0 Å². The fourth-order valence-electron chi connectivity index (χ4n) is 3.61. The van der Waals surface area contributed by atoms with Gasteiger partial charge in [-0.1, -0.05) is 44.7 Å². The topological polar surface area (TPSA) is 20.2 Å². The highest BCUT2D eigenvalue weighted by molar-refractivity contribution is 5.49. The highest BCUT2D eigenvalue weighted by atomic mass is 16.3. The van der Waals surface area contributed by atoms with E-state index in [2.05, 4.69) is 50.8 Å². The van der Waals surface area contributed by atoms with Crippen molar-refractivity contribution < 1.29 is 5.11 Å². The number of rotatable bonds is 1. The molecule has 1 N–H and O–H groups in total. The Bertz CT molecular complexity index is 818. The quantitative estimate of drug-likeness (QED) is 0.729. The monoisotopic (exact) mass is 318 g/mol. The molecule has 0 saturated heterocycles. The fraction of sp³-hybridized carbons (Fsp3) is 0.391. The highest BCUT2D eigenvalue weighted by Gasteiger charge is 2.30. The molecular formula is C23H26O. The van der Waals surface area contributed by atoms with Crippen LogP contribution in [0.15, 0.2) is 36.4 Å². The van der Waals surface area contributed by atoms with Crippen molar-refractivity contribution in [3.05, 3.63) is 69.8 Å². The Morgan fingerprint density at radius 3 is 2.42 bits per heavy atom. The standard InChI is InChI=1S/C23H26O/c1-16-11-12-23(3,4)22-14-19(8-10-21(16)22)6-5-18-7-9-20(15-24)17(2)13-18/h7-10,13-14,16,24H,11-12,15H2,1-4H3. The van der Waals surface area contributed by atoms with Gasteiger partial charge < -0.3 is 5.11 Å². The lowest BCUT2D eigenvalue weighted by atomic mass is 9.69. The molecule has 1 unspecified atom stereocenters. The van der Waals surface area contributed by atoms with E-state index in [0.717, 1.165) is 22.3 Å². The normalized spacial score (nSPS) is 18.5. The van der Waals surface area contributed by atoms with Crippen molar-refractivity contribution in [2.45, 2.75) is 58.5 Å². The summed E-state index contributed by atoms with van der Waals surface area (Å²) in [4.78, 5) is 0. The molecule has 1 atom stereocenters. The summed E-state index contributed by atoms with van der Waals surface area (Å²) in [6.45, 7) is 9.10. The summed E-state index contributed by atoms with van der Waals surface area (Å²) in [5, 5.41) is 9.26. The molecule has 1 aliphatic carbocycles. The number of aryl methyl sites for hydroxylation is 1. The zero-order valence-electron chi connectivity index (χ0n) is 15.1. The Balaban J connectivity index is 1.94. The molecule has 2 aromatic carbocycles. The van der Waals surface area contributed by atoms with Crippen molar-refractivity contribution in [1.82, 2.24) is 0 Å². The lowest BCUT2D eigenvalue weighted by Crippen LogP contribution is -2.25. The van der Waals surface area contributed by atoms with E-state index in [-0.39, 0.29) is 12.0 Å². The molecule has 2 aromatic rings. The molecule has 0 amide bonds. The summed E-state index contributed by atoms with van der Waals surface area (Å²) in [5.74, 6) is 7.23. The summed E-state index contributed by atoms with van der Waals surface area (Å²) < 4.78 is 0. The van der Waals surface area contributed by atoms with E-state index in [1.54, 1.807) is 0 Å². The molecule has 1 aliphatic rings. The Labute approximate surface area is 145 Å². The second kappa shape index (κ2) is 6.46. The third kappa shape index (κ3) is 3.25. The molecule has 1 heteroatoms. The number of hydrogen-bond donors (Lipinski definition) is 1. The second-order valence-corrected chi connectivity index (χ2v) is 7.68. The van der Waals surface area contributed by atoms with E-state index < -0.39 is 0 Å². The Morgan fingerprint density at radius 1 is 1.08 bits per heavy atom. The van der Waals surface area contributed by atoms with Gasteiger partial charge in [-0.25, -0.2) is 0 Å². The van der Waals surface area contributed by atoms with Crippen LogP contribution in [-0.4, -0.2) is 5.11 Å². The first kappa shape index (κ1) is 16.8. The summed E-state index contributed by atoms with van der Waals surface area (Å²) in [5.41, 5.74) is 7.31. The van der Waals surface area contributed by atoms with Crippen molar-refractivity contribution >= 4 is 0 Å². The van der Waals surface area contributed by atoms with Crippen LogP contribution < -0.4 is 0 Å². The van der Waals surface area contributed by atoms with Crippen molar-refractivity contribution in [1.29, 1.82) is 0 Å². The first-order chi connectivity index (χ1) is 11.4. The zero-order valence-corrected chi connectivity index (χ0v) is 15.1. The number of fused-ring (bicyclic) bond motifs is 1. The lowest BCUT2D eigenvalue weighted by molar-refractivity contribution is 0.281. The molecule has 3 rings (SSSR count). The maximum absolute atomic E-state index is 9.26. The van der Waals surface area contributed by atoms with Gasteiger partial charge in [-0.2, -0.15) is 0 Å². The van der Waals surface area contributed by atoms with Gasteiger partial charge in [0.05, 0.1) is 6.61 Å². The minimum Gasteiger partial charge on any atom is -0.392 e. The van der Waals surface area contributed by atoms with E-state index in [4.69, 9.17) is 0 Å². The van der Waals surface area contributed by atoms with Gasteiger partial charge in [-0.15, -0.1) is 0 Å². The van der Waals surface area contributed by atoms with Crippen LogP contribution in [0.5, 0.6) is 0 Å². The third-order valence-electron chi connectivity index (χ3n) is 5.38. The maximum Gasteiger partial charge on any atom is 0.0684 e. The molecule has 0 bridgehead atoms. The van der Waals surface area contributed by atoms with Crippen LogP contribution in [0.4, 0.5) is 0 Å². The minimum atomic E-state index is 0.0810. The van der Waals surface area contributed by atoms with Gasteiger partial charge >= 0.3 is 0 Å². The average Bonchev–Trinajstić information content (AvgIpc) is 2.57. The molecule has 0 aliphatic heterocycles. The van der Waals surface area contributed by atoms with E-state index >= 15 is 0 Å². The van der Waals surface area contributed by atoms with Crippen molar-refractivity contribution in [2.75, 3.05) is 0 Å². The molecule has 124 valence electrons. The molecule has 24 heavy (non-hydrogen) atoms. The summed E-state index contributed by atoms with van der Waals surface area (Å²) >= 11 is 0. The third-order valence-corrected chi connectivity index (χ3v) is 5.38. The molecular weight excluding hydrogens is 292 g/mol. The highest BCUT2D eigenvalue weighted by Crippen LogP contribution is 2.42. The Kier molecular flexibility index (Phi) is 4.52. The van der Waals surface area contributed by atoms with Crippen LogP contribution in [0, 0.1) is 18.8 Å². The number of aliphatic hydroxyl groups is 1. The van der Waals surface area contributed by atoms with Gasteiger partial charge in [0.15, 0.2) is 0 Å². The second-order valence-electron chi connectivity index (χ2n) is 7.68. The van der Waals surface area contributed by atoms with Gasteiger partial charge in [-0.05, 0) is 77.6 Å². The fourth-order valence-corrected chi connectivity index (χ4v) is 3.61. The van der Waals surface area contributed by atoms with Crippen LogP contribution in [0.25, 0.3) is 0 Å². The predicted molar refractivity (Wildman–Crippen MR) is 100 cm³/mol. The van der Waals surface area contributed by atoms with Gasteiger partial charge in [0, 0.05) is 11.1 Å². The van der Waals surface area contributed by atoms with E-state index in [1.807, 2.05) is 25.1 Å². The summed E-state index contributed by atoms with van der Waals surface area (Å²) in [7, 11) is 0. The maximum atomic E-state index is 9.26. The van der Waals surface area contributed by atoms with Gasteiger partial charge in [0.1, 0.15) is 0 Å². The van der Waals surface area contributed by atoms with Crippen molar-refractivity contribution in [3.63, 3.8) is 0 Å². The van der Waals surface area contributed by atoms with Crippen LogP contribution in [0.1, 0.15) is 72.9 Å². The molecule has 0 spiro atoms. The van der Waals surface area contributed by atoms with Gasteiger partial charge in [-0.3, -0.25) is 0 Å². The van der Waals surface area contributed by atoms with E-state index in [1.165, 1.54) is 24.0 Å². The Morgan fingerprint density at radius 2 is 1.75 bits per heavy atom. The summed E-state index contributed by atoms with van der Waals surface area (Å²) in [6.07, 6.45) is 2.50. The first-order valence-corrected chi connectivity index (χ1v) is 8.77. The zero-order chi connectivity index (χ0) is 17.3. The lowest BCUT2D eigenvalue weighted by Gasteiger charge is -2.36. The van der Waals surface area contributed by atoms with Crippen molar-refractivity contribution in [3.8, 4) is 11.8 Å². The van der Waals surface area contributed by atoms with E-state index in [9.17, 15) is 5.11 Å². The van der Waals surface area contributed by atoms with Gasteiger partial charge in [0.2, 0.25) is 0 Å². The molecule has 0 saturated carbocycles. The average molecular weight is 318 g/mol. The molecule has 1 nitrogen and oxygen atoms in total. The Hall–Kier alpha value is -2.04. The first-order valence-electron chi connectivity index (χ1n) is 8.77.